The molecule has 0 saturated carbocycles. The summed E-state index contributed by atoms with van der Waals surface area (Å²) in [6, 6.07) is 5.75. The van der Waals surface area contributed by atoms with E-state index in [4.69, 9.17) is 15.8 Å². The molecule has 0 rings (SSSR count). The Bertz CT molecular complexity index is 939. The zero-order valence-corrected chi connectivity index (χ0v) is 22.6. The van der Waals surface area contributed by atoms with Gasteiger partial charge in [0.2, 0.25) is 30.1 Å². The lowest BCUT2D eigenvalue weighted by Crippen LogP contribution is -2.63. The second kappa shape index (κ2) is 16.8. The Morgan fingerprint density at radius 2 is 0.886 bits per heavy atom. The van der Waals surface area contributed by atoms with Crippen LogP contribution in [0.5, 0.6) is 0 Å². The highest BCUT2D eigenvalue weighted by Gasteiger charge is 2.64. The molecule has 0 atom stereocenters. The topological polar surface area (TPSA) is 210 Å². The highest BCUT2D eigenvalue weighted by molar-refractivity contribution is 8.24. The first-order chi connectivity index (χ1) is 16.5. The molecule has 0 aromatic rings. The van der Waals surface area contributed by atoms with Crippen molar-refractivity contribution in [3.8, 4) is 18.2 Å². The lowest BCUT2D eigenvalue weighted by Gasteiger charge is -2.32. The predicted octanol–water partition coefficient (Wildman–Crippen LogP) is 1.67. The number of rotatable bonds is 21. The minimum Gasteiger partial charge on any atom is -0.213 e. The van der Waals surface area contributed by atoms with Crippen LogP contribution in [0.4, 0.5) is 0 Å². The molecule has 0 aliphatic carbocycles. The smallest absolute Gasteiger partial charge is 0.213 e. The molecule has 0 aliphatic rings. The summed E-state index contributed by atoms with van der Waals surface area (Å²) in [6.07, 6.45) is 1.90. The third kappa shape index (κ3) is 10.00. The van der Waals surface area contributed by atoms with Gasteiger partial charge in [0.15, 0.2) is 0 Å². The first kappa shape index (κ1) is 33.2. The molecule has 3 N–H and O–H groups in total. The SMILES string of the molecule is CCCCC(S(=O)(=O)NCCCCC#N)(S(=O)(=O)NCCCCC#N)S(=O)(=O)NCCCCC#N. The lowest BCUT2D eigenvalue weighted by atomic mass is 10.2. The molecule has 0 aromatic heterocycles. The lowest BCUT2D eigenvalue weighted by molar-refractivity contribution is 0.513. The van der Waals surface area contributed by atoms with Crippen LogP contribution in [-0.4, -0.2) is 48.3 Å². The molecular formula is C20H36N6O6S3. The number of nitrogens with one attached hydrogen (secondary N) is 3. The first-order valence-electron chi connectivity index (χ1n) is 11.6. The monoisotopic (exact) mass is 552 g/mol. The Morgan fingerprint density at radius 1 is 0.571 bits per heavy atom. The molecule has 35 heavy (non-hydrogen) atoms. The van der Waals surface area contributed by atoms with E-state index in [-0.39, 0.29) is 64.6 Å². The van der Waals surface area contributed by atoms with Gasteiger partial charge >= 0.3 is 3.41 Å². The summed E-state index contributed by atoms with van der Waals surface area (Å²) in [7, 11) is -15.0. The molecule has 12 nitrogen and oxygen atoms in total. The van der Waals surface area contributed by atoms with Crippen LogP contribution in [0.15, 0.2) is 0 Å². The zero-order valence-electron chi connectivity index (χ0n) is 20.1. The van der Waals surface area contributed by atoms with E-state index < -0.39 is 39.9 Å². The highest BCUT2D eigenvalue weighted by atomic mass is 32.3. The molecule has 0 aromatic carbocycles. The molecule has 0 spiro atoms. The zero-order chi connectivity index (χ0) is 26.8. The number of nitriles is 3. The van der Waals surface area contributed by atoms with Gasteiger partial charge in [-0.15, -0.1) is 0 Å². The maximum Gasteiger partial charge on any atom is 0.313 e. The third-order valence-electron chi connectivity index (χ3n) is 5.09. The second-order valence-corrected chi connectivity index (χ2v) is 14.6. The van der Waals surface area contributed by atoms with Gasteiger partial charge in [0.1, 0.15) is 0 Å². The Balaban J connectivity index is 6.29. The van der Waals surface area contributed by atoms with Crippen molar-refractivity contribution in [3.05, 3.63) is 0 Å². The van der Waals surface area contributed by atoms with Crippen LogP contribution in [0.1, 0.15) is 84.0 Å². The fraction of sp³-hybridized carbons (Fsp3) is 0.850. The van der Waals surface area contributed by atoms with Crippen molar-refractivity contribution in [1.82, 2.24) is 14.2 Å². The van der Waals surface area contributed by atoms with Gasteiger partial charge in [0.05, 0.1) is 18.2 Å². The van der Waals surface area contributed by atoms with Crippen LogP contribution in [0.2, 0.25) is 0 Å². The largest absolute Gasteiger partial charge is 0.313 e. The molecule has 0 radical (unpaired) electrons. The Hall–Kier alpha value is -1.80. The minimum absolute atomic E-state index is 0.0000270. The molecule has 0 fully saturated rings. The van der Waals surface area contributed by atoms with E-state index in [9.17, 15) is 25.3 Å². The van der Waals surface area contributed by atoms with E-state index in [0.717, 1.165) is 0 Å². The standard InChI is InChI=1S/C20H36N6O6S3/c1-2-3-13-20(33(27,28)24-17-10-4-7-14-21,34(29,30)25-18-11-5-8-15-22)35(31,32)26-19-12-6-9-16-23/h24-26H,2-13,17-19H2,1H3. The van der Waals surface area contributed by atoms with Crippen molar-refractivity contribution in [2.45, 2.75) is 87.4 Å². The second-order valence-electron chi connectivity index (χ2n) is 7.83. The summed E-state index contributed by atoms with van der Waals surface area (Å²) in [5.74, 6) is 0. The van der Waals surface area contributed by atoms with E-state index in [0.29, 0.717) is 25.7 Å². The maximum absolute atomic E-state index is 13.5. The van der Waals surface area contributed by atoms with Crippen molar-refractivity contribution in [3.63, 3.8) is 0 Å². The van der Waals surface area contributed by atoms with E-state index >= 15 is 0 Å². The van der Waals surface area contributed by atoms with Gasteiger partial charge in [-0.25, -0.2) is 39.4 Å². The molecule has 0 unspecified atom stereocenters. The van der Waals surface area contributed by atoms with Crippen molar-refractivity contribution in [2.75, 3.05) is 19.6 Å². The van der Waals surface area contributed by atoms with Crippen molar-refractivity contribution in [2.24, 2.45) is 0 Å². The molecule has 0 saturated heterocycles. The van der Waals surface area contributed by atoms with E-state index in [2.05, 4.69) is 14.2 Å². The van der Waals surface area contributed by atoms with Crippen molar-refractivity contribution < 1.29 is 25.3 Å². The average molecular weight is 553 g/mol. The van der Waals surface area contributed by atoms with Crippen LogP contribution in [0.25, 0.3) is 0 Å². The summed E-state index contributed by atoms with van der Waals surface area (Å²) in [4.78, 5) is 0. The van der Waals surface area contributed by atoms with Gasteiger partial charge in [-0.1, -0.05) is 13.3 Å². The summed E-state index contributed by atoms with van der Waals surface area (Å²) in [5, 5.41) is 25.9. The molecule has 0 amide bonds. The van der Waals surface area contributed by atoms with Gasteiger partial charge in [0.25, 0.3) is 0 Å². The van der Waals surface area contributed by atoms with Gasteiger partial charge in [-0.3, -0.25) is 0 Å². The summed E-state index contributed by atoms with van der Waals surface area (Å²) < 4.78 is 83.9. The van der Waals surface area contributed by atoms with Crippen molar-refractivity contribution >= 4 is 30.1 Å². The molecule has 0 heterocycles. The Labute approximate surface area is 210 Å². The fourth-order valence-corrected chi connectivity index (χ4v) is 10.8. The highest BCUT2D eigenvalue weighted by Crippen LogP contribution is 2.35. The molecule has 0 aliphatic heterocycles. The predicted molar refractivity (Wildman–Crippen MR) is 131 cm³/mol. The molecular weight excluding hydrogens is 516 g/mol. The summed E-state index contributed by atoms with van der Waals surface area (Å²) >= 11 is 0. The van der Waals surface area contributed by atoms with Gasteiger partial charge in [-0.05, 0) is 44.9 Å². The summed E-state index contributed by atoms with van der Waals surface area (Å²) in [5.41, 5.74) is 0. The minimum atomic E-state index is -4.99. The number of hydrogen-bond donors (Lipinski definition) is 3. The van der Waals surface area contributed by atoms with Crippen molar-refractivity contribution in [1.29, 1.82) is 15.8 Å². The number of unbranched alkanes of at least 4 members (excludes halogenated alkanes) is 7. The maximum atomic E-state index is 13.5. The number of nitrogens with zero attached hydrogens (tertiary/aromatic N) is 3. The Morgan fingerprint density at radius 3 is 1.14 bits per heavy atom. The summed E-state index contributed by atoms with van der Waals surface area (Å²) in [6.45, 7) is 0.990. The van der Waals surface area contributed by atoms with Crippen LogP contribution in [0, 0.1) is 34.0 Å². The fourth-order valence-electron chi connectivity index (χ4n) is 3.17. The van der Waals surface area contributed by atoms with Crippen LogP contribution in [0.3, 0.4) is 0 Å². The number of hydrogen-bond acceptors (Lipinski definition) is 9. The number of sulfonamides is 3. The normalized spacial score (nSPS) is 12.5. The molecule has 0 bridgehead atoms. The Kier molecular flexibility index (Phi) is 15.9. The van der Waals surface area contributed by atoms with Gasteiger partial charge in [0, 0.05) is 45.3 Å². The van der Waals surface area contributed by atoms with E-state index in [1.165, 1.54) is 0 Å². The average Bonchev–Trinajstić information content (AvgIpc) is 2.78. The van der Waals surface area contributed by atoms with Crippen LogP contribution < -0.4 is 14.2 Å². The van der Waals surface area contributed by atoms with Gasteiger partial charge in [-0.2, -0.15) is 15.8 Å². The molecule has 15 heteroatoms. The van der Waals surface area contributed by atoms with E-state index in [1.807, 2.05) is 18.2 Å². The van der Waals surface area contributed by atoms with Crippen LogP contribution >= 0.6 is 0 Å². The van der Waals surface area contributed by atoms with E-state index in [1.54, 1.807) is 6.92 Å². The molecule has 200 valence electrons. The first-order valence-corrected chi connectivity index (χ1v) is 16.0. The van der Waals surface area contributed by atoms with Crippen LogP contribution in [-0.2, 0) is 30.1 Å². The van der Waals surface area contributed by atoms with Gasteiger partial charge < -0.3 is 0 Å². The quantitative estimate of drug-likeness (QED) is 0.176. The third-order valence-corrected chi connectivity index (χ3v) is 13.9.